The highest BCUT2D eigenvalue weighted by Gasteiger charge is 2.18. The topological polar surface area (TPSA) is 47.6 Å². The third kappa shape index (κ3) is 4.49. The summed E-state index contributed by atoms with van der Waals surface area (Å²) in [5.41, 5.74) is 1.07. The van der Waals surface area contributed by atoms with Gasteiger partial charge in [-0.3, -0.25) is 4.21 Å². The zero-order valence-corrected chi connectivity index (χ0v) is 13.8. The van der Waals surface area contributed by atoms with Crippen LogP contribution in [0, 0.1) is 0 Å². The Morgan fingerprint density at radius 1 is 1.20 bits per heavy atom. The molecule has 0 aliphatic rings. The zero-order chi connectivity index (χ0) is 15.1. The Morgan fingerprint density at radius 2 is 1.85 bits per heavy atom. The molecule has 0 saturated carbocycles. The fourth-order valence-electron chi connectivity index (χ4n) is 1.95. The predicted octanol–water partition coefficient (Wildman–Crippen LogP) is 2.51. The first-order valence-electron chi connectivity index (χ1n) is 6.85. The molecule has 1 aromatic rings. The van der Waals surface area contributed by atoms with Gasteiger partial charge in [0, 0.05) is 27.8 Å². The molecular weight excluding hydrogens is 274 g/mol. The first-order chi connectivity index (χ1) is 9.53. The van der Waals surface area contributed by atoms with Crippen LogP contribution >= 0.6 is 0 Å². The second-order valence-corrected chi connectivity index (χ2v) is 6.86. The van der Waals surface area contributed by atoms with Gasteiger partial charge >= 0.3 is 0 Å². The number of benzene rings is 1. The van der Waals surface area contributed by atoms with Crippen LogP contribution in [0.15, 0.2) is 18.2 Å². The van der Waals surface area contributed by atoms with Crippen molar-refractivity contribution in [3.05, 3.63) is 23.8 Å². The molecule has 0 spiro atoms. The summed E-state index contributed by atoms with van der Waals surface area (Å²) in [4.78, 5) is 0. The van der Waals surface area contributed by atoms with Gasteiger partial charge in [-0.25, -0.2) is 0 Å². The lowest BCUT2D eigenvalue weighted by Crippen LogP contribution is -2.28. The van der Waals surface area contributed by atoms with Crippen LogP contribution in [-0.2, 0) is 10.8 Å². The van der Waals surface area contributed by atoms with Crippen molar-refractivity contribution in [2.24, 2.45) is 0 Å². The average Bonchev–Trinajstić information content (AvgIpc) is 2.45. The van der Waals surface area contributed by atoms with Crippen molar-refractivity contribution in [2.45, 2.75) is 32.1 Å². The molecule has 1 aromatic carbocycles. The molecule has 1 rings (SSSR count). The summed E-state index contributed by atoms with van der Waals surface area (Å²) in [7, 11) is 2.39. The van der Waals surface area contributed by atoms with Crippen LogP contribution in [0.2, 0.25) is 0 Å². The monoisotopic (exact) mass is 299 g/mol. The Hall–Kier alpha value is -1.07. The van der Waals surface area contributed by atoms with Gasteiger partial charge < -0.3 is 14.8 Å². The third-order valence-corrected chi connectivity index (χ3v) is 4.83. The SMILES string of the molecule is CCNC(CS(=O)C(C)C)c1ccc(OC)c(OC)c1. The molecule has 1 N–H and O–H groups in total. The Kier molecular flexibility index (Phi) is 7.02. The summed E-state index contributed by atoms with van der Waals surface area (Å²) in [5.74, 6) is 2.00. The van der Waals surface area contributed by atoms with E-state index in [0.717, 1.165) is 12.1 Å². The molecule has 0 radical (unpaired) electrons. The minimum atomic E-state index is -0.854. The van der Waals surface area contributed by atoms with E-state index in [9.17, 15) is 4.21 Å². The van der Waals surface area contributed by atoms with Crippen molar-refractivity contribution in [3.8, 4) is 11.5 Å². The number of hydrogen-bond acceptors (Lipinski definition) is 4. The fourth-order valence-corrected chi connectivity index (χ4v) is 2.97. The van der Waals surface area contributed by atoms with Gasteiger partial charge in [0.25, 0.3) is 0 Å². The summed E-state index contributed by atoms with van der Waals surface area (Å²) < 4.78 is 22.7. The molecule has 2 unspecified atom stereocenters. The van der Waals surface area contributed by atoms with Gasteiger partial charge in [0.1, 0.15) is 0 Å². The molecule has 0 aromatic heterocycles. The van der Waals surface area contributed by atoms with Crippen LogP contribution < -0.4 is 14.8 Å². The van der Waals surface area contributed by atoms with Gasteiger partial charge in [-0.2, -0.15) is 0 Å². The van der Waals surface area contributed by atoms with E-state index < -0.39 is 10.8 Å². The van der Waals surface area contributed by atoms with Crippen molar-refractivity contribution < 1.29 is 13.7 Å². The maximum Gasteiger partial charge on any atom is 0.161 e. The normalized spacial score (nSPS) is 14.1. The van der Waals surface area contributed by atoms with Gasteiger partial charge in [-0.15, -0.1) is 0 Å². The van der Waals surface area contributed by atoms with E-state index in [2.05, 4.69) is 5.32 Å². The highest BCUT2D eigenvalue weighted by molar-refractivity contribution is 7.85. The van der Waals surface area contributed by atoms with Crippen molar-refractivity contribution in [2.75, 3.05) is 26.5 Å². The predicted molar refractivity (Wildman–Crippen MR) is 84.1 cm³/mol. The van der Waals surface area contributed by atoms with Crippen molar-refractivity contribution in [1.82, 2.24) is 5.32 Å². The lowest BCUT2D eigenvalue weighted by molar-refractivity contribution is 0.354. The molecule has 0 bridgehead atoms. The molecule has 4 nitrogen and oxygen atoms in total. The van der Waals surface area contributed by atoms with E-state index in [1.807, 2.05) is 39.0 Å². The van der Waals surface area contributed by atoms with E-state index in [1.165, 1.54) is 0 Å². The Labute approximate surface area is 124 Å². The molecule has 20 heavy (non-hydrogen) atoms. The quantitative estimate of drug-likeness (QED) is 0.801. The van der Waals surface area contributed by atoms with Crippen LogP contribution in [0.25, 0.3) is 0 Å². The number of methoxy groups -OCH3 is 2. The van der Waals surface area contributed by atoms with Crippen LogP contribution in [-0.4, -0.2) is 36.0 Å². The first-order valence-corrected chi connectivity index (χ1v) is 8.24. The molecule has 5 heteroatoms. The molecule has 0 fully saturated rings. The molecule has 0 saturated heterocycles. The third-order valence-electron chi connectivity index (χ3n) is 3.12. The number of rotatable bonds is 8. The molecule has 114 valence electrons. The Morgan fingerprint density at radius 3 is 2.35 bits per heavy atom. The lowest BCUT2D eigenvalue weighted by Gasteiger charge is -2.20. The van der Waals surface area contributed by atoms with Crippen LogP contribution in [0.4, 0.5) is 0 Å². The van der Waals surface area contributed by atoms with Crippen molar-refractivity contribution in [1.29, 1.82) is 0 Å². The van der Waals surface area contributed by atoms with E-state index >= 15 is 0 Å². The molecule has 0 aliphatic heterocycles. The molecule has 0 aliphatic carbocycles. The van der Waals surface area contributed by atoms with Crippen LogP contribution in [0.3, 0.4) is 0 Å². The lowest BCUT2D eigenvalue weighted by atomic mass is 10.1. The van der Waals surface area contributed by atoms with Crippen LogP contribution in [0.1, 0.15) is 32.4 Å². The van der Waals surface area contributed by atoms with Gasteiger partial charge in [0.2, 0.25) is 0 Å². The fraction of sp³-hybridized carbons (Fsp3) is 0.600. The summed E-state index contributed by atoms with van der Waals surface area (Å²) in [6.45, 7) is 6.84. The molecule has 0 heterocycles. The second kappa shape index (κ2) is 8.27. The first kappa shape index (κ1) is 17.0. The van der Waals surface area contributed by atoms with Gasteiger partial charge in [-0.05, 0) is 24.2 Å². The van der Waals surface area contributed by atoms with E-state index in [1.54, 1.807) is 14.2 Å². The van der Waals surface area contributed by atoms with E-state index in [4.69, 9.17) is 9.47 Å². The second-order valence-electron chi connectivity index (χ2n) is 4.82. The van der Waals surface area contributed by atoms with Crippen molar-refractivity contribution >= 4 is 10.8 Å². The smallest absolute Gasteiger partial charge is 0.161 e. The number of ether oxygens (including phenoxy) is 2. The number of nitrogens with one attached hydrogen (secondary N) is 1. The van der Waals surface area contributed by atoms with E-state index in [0.29, 0.717) is 17.3 Å². The summed E-state index contributed by atoms with van der Waals surface area (Å²) >= 11 is 0. The maximum atomic E-state index is 12.1. The average molecular weight is 299 g/mol. The standard InChI is InChI=1S/C15H25NO3S/c1-6-16-13(10-20(17)11(2)3)12-7-8-14(18-4)15(9-12)19-5/h7-9,11,13,16H,6,10H2,1-5H3. The minimum Gasteiger partial charge on any atom is -0.493 e. The maximum absolute atomic E-state index is 12.1. The van der Waals surface area contributed by atoms with Gasteiger partial charge in [-0.1, -0.05) is 26.8 Å². The Bertz CT molecular complexity index is 449. The highest BCUT2D eigenvalue weighted by atomic mass is 32.2. The number of hydrogen-bond donors (Lipinski definition) is 1. The van der Waals surface area contributed by atoms with Crippen molar-refractivity contribution in [3.63, 3.8) is 0 Å². The van der Waals surface area contributed by atoms with Gasteiger partial charge in [0.05, 0.1) is 14.2 Å². The molecule has 2 atom stereocenters. The largest absolute Gasteiger partial charge is 0.493 e. The summed E-state index contributed by atoms with van der Waals surface area (Å²) in [6.07, 6.45) is 0. The zero-order valence-electron chi connectivity index (χ0n) is 12.9. The minimum absolute atomic E-state index is 0.0584. The molecular formula is C15H25NO3S. The Balaban J connectivity index is 2.99. The molecule has 0 amide bonds. The van der Waals surface area contributed by atoms with Crippen LogP contribution in [0.5, 0.6) is 11.5 Å². The van der Waals surface area contributed by atoms with Gasteiger partial charge in [0.15, 0.2) is 11.5 Å². The summed E-state index contributed by atoms with van der Waals surface area (Å²) in [5, 5.41) is 3.55. The van der Waals surface area contributed by atoms with E-state index in [-0.39, 0.29) is 11.3 Å². The summed E-state index contributed by atoms with van der Waals surface area (Å²) in [6, 6.07) is 5.88. The highest BCUT2D eigenvalue weighted by Crippen LogP contribution is 2.30.